The van der Waals surface area contributed by atoms with Gasteiger partial charge in [-0.15, -0.1) is 0 Å². The Morgan fingerprint density at radius 3 is 2.68 bits per heavy atom. The van der Waals surface area contributed by atoms with E-state index in [1.165, 1.54) is 10.8 Å². The maximum atomic E-state index is 12.3. The number of nitrogens with one attached hydrogen (secondary N) is 1. The van der Waals surface area contributed by atoms with Gasteiger partial charge in [-0.25, -0.2) is 0 Å². The van der Waals surface area contributed by atoms with Crippen LogP contribution >= 0.6 is 0 Å². The number of furan rings is 1. The number of benzene rings is 3. The van der Waals surface area contributed by atoms with Crippen LogP contribution in [-0.4, -0.2) is 19.6 Å². The van der Waals surface area contributed by atoms with Crippen molar-refractivity contribution in [2.75, 3.05) is 13.7 Å². The summed E-state index contributed by atoms with van der Waals surface area (Å²) in [6.07, 6.45) is 5.44. The molecule has 158 valence electrons. The molecular weight excluding hydrogens is 386 g/mol. The van der Waals surface area contributed by atoms with E-state index in [1.54, 1.807) is 19.4 Å². The van der Waals surface area contributed by atoms with Crippen molar-refractivity contribution in [2.45, 2.75) is 26.7 Å². The summed E-state index contributed by atoms with van der Waals surface area (Å²) >= 11 is 0. The Balaban J connectivity index is 1.75. The first-order valence-electron chi connectivity index (χ1n) is 10.7. The van der Waals surface area contributed by atoms with Crippen molar-refractivity contribution in [2.24, 2.45) is 0 Å². The van der Waals surface area contributed by atoms with E-state index >= 15 is 0 Å². The molecule has 1 amide bonds. The molecule has 4 rings (SSSR count). The molecule has 0 fully saturated rings. The molecule has 0 saturated carbocycles. The van der Waals surface area contributed by atoms with Gasteiger partial charge in [0.25, 0.3) is 0 Å². The lowest BCUT2D eigenvalue weighted by Gasteiger charge is -2.10. The summed E-state index contributed by atoms with van der Waals surface area (Å²) in [6, 6.07) is 18.7. The van der Waals surface area contributed by atoms with Crippen LogP contribution in [0.5, 0.6) is 5.75 Å². The van der Waals surface area contributed by atoms with E-state index in [2.05, 4.69) is 42.6 Å². The number of methoxy groups -OCH3 is 1. The number of hydrogen-bond acceptors (Lipinski definition) is 3. The third kappa shape index (κ3) is 4.33. The first kappa shape index (κ1) is 20.7. The summed E-state index contributed by atoms with van der Waals surface area (Å²) < 4.78 is 11.5. The number of ether oxygens (including phenoxy) is 1. The van der Waals surface area contributed by atoms with Gasteiger partial charge < -0.3 is 14.5 Å². The average Bonchev–Trinajstić information content (AvgIpc) is 3.20. The lowest BCUT2D eigenvalue weighted by atomic mass is 9.97. The number of carbonyl (C=O) groups is 1. The Hall–Kier alpha value is -3.53. The Bertz CT molecular complexity index is 1270. The zero-order valence-electron chi connectivity index (χ0n) is 18.2. The second kappa shape index (κ2) is 9.09. The van der Waals surface area contributed by atoms with E-state index in [9.17, 15) is 4.79 Å². The standard InChI is InChI=1S/C27H27NO3/c1-4-5-12-28-27(29)13-18(2)22-15-23-24(17-31-26(23)16-25(22)30-3)21-11-10-19-8-6-7-9-20(19)14-21/h6-11,13-17H,4-5,12H2,1-3H3,(H,28,29)/b18-13+. The molecular formula is C27H27NO3. The van der Waals surface area contributed by atoms with E-state index in [1.807, 2.05) is 31.2 Å². The lowest BCUT2D eigenvalue weighted by molar-refractivity contribution is -0.116. The SMILES string of the molecule is CCCCNC(=O)/C=C(\C)c1cc2c(-c3ccc4ccccc4c3)coc2cc1OC. The zero-order valence-corrected chi connectivity index (χ0v) is 18.2. The molecule has 3 aromatic carbocycles. The van der Waals surface area contributed by atoms with Gasteiger partial charge in [0.1, 0.15) is 11.3 Å². The van der Waals surface area contributed by atoms with Crippen LogP contribution in [0.1, 0.15) is 32.3 Å². The van der Waals surface area contributed by atoms with Crippen LogP contribution in [0.3, 0.4) is 0 Å². The molecule has 31 heavy (non-hydrogen) atoms. The van der Waals surface area contributed by atoms with Crippen LogP contribution in [0.25, 0.3) is 38.4 Å². The summed E-state index contributed by atoms with van der Waals surface area (Å²) in [5.41, 5.74) is 4.59. The predicted molar refractivity (Wildman–Crippen MR) is 127 cm³/mol. The van der Waals surface area contributed by atoms with Gasteiger partial charge in [-0.2, -0.15) is 0 Å². The summed E-state index contributed by atoms with van der Waals surface area (Å²) in [5.74, 6) is 0.595. The molecule has 0 unspecified atom stereocenters. The molecule has 1 heterocycles. The molecule has 0 radical (unpaired) electrons. The molecule has 1 aromatic heterocycles. The maximum absolute atomic E-state index is 12.3. The van der Waals surface area contributed by atoms with Crippen molar-refractivity contribution in [1.29, 1.82) is 0 Å². The minimum atomic E-state index is -0.0879. The molecule has 0 bridgehead atoms. The molecule has 0 atom stereocenters. The number of rotatable bonds is 7. The second-order valence-corrected chi connectivity index (χ2v) is 7.73. The van der Waals surface area contributed by atoms with Gasteiger partial charge in [-0.3, -0.25) is 4.79 Å². The number of carbonyl (C=O) groups excluding carboxylic acids is 1. The molecule has 0 spiro atoms. The summed E-state index contributed by atoms with van der Waals surface area (Å²) in [6.45, 7) is 4.72. The highest BCUT2D eigenvalue weighted by atomic mass is 16.5. The second-order valence-electron chi connectivity index (χ2n) is 7.73. The van der Waals surface area contributed by atoms with Crippen molar-refractivity contribution in [1.82, 2.24) is 5.32 Å². The highest BCUT2D eigenvalue weighted by Gasteiger charge is 2.15. The Kier molecular flexibility index (Phi) is 6.08. The first-order chi connectivity index (χ1) is 15.1. The van der Waals surface area contributed by atoms with Gasteiger partial charge in [0.2, 0.25) is 5.91 Å². The van der Waals surface area contributed by atoms with Crippen molar-refractivity contribution in [3.63, 3.8) is 0 Å². The Morgan fingerprint density at radius 1 is 1.10 bits per heavy atom. The molecule has 4 heteroatoms. The number of unbranched alkanes of at least 4 members (excludes halogenated alkanes) is 1. The fourth-order valence-corrected chi connectivity index (χ4v) is 3.83. The van der Waals surface area contributed by atoms with Crippen LogP contribution in [0.15, 0.2) is 71.4 Å². The van der Waals surface area contributed by atoms with E-state index in [0.717, 1.165) is 46.1 Å². The van der Waals surface area contributed by atoms with E-state index < -0.39 is 0 Å². The van der Waals surface area contributed by atoms with Crippen LogP contribution in [0, 0.1) is 0 Å². The topological polar surface area (TPSA) is 51.5 Å². The van der Waals surface area contributed by atoms with Crippen LogP contribution in [0.4, 0.5) is 0 Å². The van der Waals surface area contributed by atoms with Crippen molar-refractivity contribution < 1.29 is 13.9 Å². The quantitative estimate of drug-likeness (QED) is 0.275. The van der Waals surface area contributed by atoms with Crippen LogP contribution in [0.2, 0.25) is 0 Å². The maximum Gasteiger partial charge on any atom is 0.244 e. The van der Waals surface area contributed by atoms with Crippen molar-refractivity contribution in [3.8, 4) is 16.9 Å². The number of hydrogen-bond donors (Lipinski definition) is 1. The highest BCUT2D eigenvalue weighted by Crippen LogP contribution is 2.38. The van der Waals surface area contributed by atoms with Gasteiger partial charge in [0, 0.05) is 35.2 Å². The normalized spacial score (nSPS) is 11.8. The number of fused-ring (bicyclic) bond motifs is 2. The summed E-state index contributed by atoms with van der Waals surface area (Å²) in [4.78, 5) is 12.3. The minimum absolute atomic E-state index is 0.0879. The third-order valence-electron chi connectivity index (χ3n) is 5.56. The van der Waals surface area contributed by atoms with Gasteiger partial charge >= 0.3 is 0 Å². The van der Waals surface area contributed by atoms with E-state index in [0.29, 0.717) is 12.3 Å². The molecule has 0 aliphatic carbocycles. The zero-order chi connectivity index (χ0) is 21.8. The Morgan fingerprint density at radius 2 is 1.90 bits per heavy atom. The van der Waals surface area contributed by atoms with Crippen LogP contribution in [-0.2, 0) is 4.79 Å². The lowest BCUT2D eigenvalue weighted by Crippen LogP contribution is -2.22. The van der Waals surface area contributed by atoms with E-state index in [-0.39, 0.29) is 5.91 Å². The summed E-state index contributed by atoms with van der Waals surface area (Å²) in [5, 5.41) is 6.31. The largest absolute Gasteiger partial charge is 0.496 e. The molecule has 0 aliphatic heterocycles. The van der Waals surface area contributed by atoms with Gasteiger partial charge in [-0.05, 0) is 47.4 Å². The predicted octanol–water partition coefficient (Wildman–Crippen LogP) is 6.58. The fourth-order valence-electron chi connectivity index (χ4n) is 3.83. The molecule has 4 aromatic rings. The van der Waals surface area contributed by atoms with E-state index in [4.69, 9.17) is 9.15 Å². The van der Waals surface area contributed by atoms with Gasteiger partial charge in [-0.1, -0.05) is 49.7 Å². The molecule has 0 aliphatic rings. The molecule has 0 saturated heterocycles. The van der Waals surface area contributed by atoms with Crippen molar-refractivity contribution in [3.05, 3.63) is 72.5 Å². The van der Waals surface area contributed by atoms with Gasteiger partial charge in [0.15, 0.2) is 0 Å². The smallest absolute Gasteiger partial charge is 0.244 e. The highest BCUT2D eigenvalue weighted by molar-refractivity contribution is 6.01. The molecule has 1 N–H and O–H groups in total. The fraction of sp³-hybridized carbons (Fsp3) is 0.222. The molecule has 4 nitrogen and oxygen atoms in total. The monoisotopic (exact) mass is 413 g/mol. The van der Waals surface area contributed by atoms with Gasteiger partial charge in [0.05, 0.1) is 13.4 Å². The minimum Gasteiger partial charge on any atom is -0.496 e. The van der Waals surface area contributed by atoms with Crippen LogP contribution < -0.4 is 10.1 Å². The number of amides is 1. The summed E-state index contributed by atoms with van der Waals surface area (Å²) in [7, 11) is 1.63. The average molecular weight is 414 g/mol. The Labute approximate surface area is 182 Å². The first-order valence-corrected chi connectivity index (χ1v) is 10.7. The number of allylic oxidation sites excluding steroid dienone is 1. The van der Waals surface area contributed by atoms with Crippen molar-refractivity contribution >= 4 is 33.2 Å². The third-order valence-corrected chi connectivity index (χ3v) is 5.56.